The Morgan fingerprint density at radius 3 is 2.59 bits per heavy atom. The van der Waals surface area contributed by atoms with Crippen LogP contribution in [0, 0.1) is 5.92 Å². The summed E-state index contributed by atoms with van der Waals surface area (Å²) in [6.07, 6.45) is 1.09. The molecule has 3 heterocycles. The molecule has 12 heteroatoms. The average Bonchev–Trinajstić information content (AvgIpc) is 3.72. The first kappa shape index (κ1) is 27.6. The number of aromatic nitrogens is 2. The van der Waals surface area contributed by atoms with E-state index >= 15 is 0 Å². The van der Waals surface area contributed by atoms with Gasteiger partial charge in [0.25, 0.3) is 0 Å². The third-order valence-corrected chi connectivity index (χ3v) is 8.07. The maximum Gasteiger partial charge on any atom is 0.416 e. The highest BCUT2D eigenvalue weighted by Gasteiger charge is 2.42. The first-order chi connectivity index (χ1) is 19.6. The minimum absolute atomic E-state index is 0.0722. The molecule has 1 saturated carbocycles. The molecule has 3 aliphatic rings. The van der Waals surface area contributed by atoms with Gasteiger partial charge in [-0.3, -0.25) is 10.7 Å². The van der Waals surface area contributed by atoms with Crippen LogP contribution in [-0.2, 0) is 16.7 Å². The maximum atomic E-state index is 13.3. The first-order valence-electron chi connectivity index (χ1n) is 13.4. The molecule has 216 valence electrons. The van der Waals surface area contributed by atoms with Crippen LogP contribution >= 0.6 is 11.6 Å². The van der Waals surface area contributed by atoms with E-state index in [0.717, 1.165) is 41.9 Å². The van der Waals surface area contributed by atoms with Gasteiger partial charge in [-0.15, -0.1) is 0 Å². The predicted octanol–water partition coefficient (Wildman–Crippen LogP) is 5.08. The molecule has 2 aromatic carbocycles. The fraction of sp³-hybridized carbons (Fsp3) is 0.379. The summed E-state index contributed by atoms with van der Waals surface area (Å²) in [5, 5.41) is 7.23. The number of hydrogen-bond donors (Lipinski definition) is 3. The van der Waals surface area contributed by atoms with Gasteiger partial charge >= 0.3 is 6.18 Å². The van der Waals surface area contributed by atoms with Crippen molar-refractivity contribution in [2.75, 3.05) is 20.3 Å². The Morgan fingerprint density at radius 2 is 1.95 bits per heavy atom. The van der Waals surface area contributed by atoms with Crippen LogP contribution in [0.1, 0.15) is 42.4 Å². The van der Waals surface area contributed by atoms with E-state index in [2.05, 4.69) is 22.5 Å². The zero-order valence-electron chi connectivity index (χ0n) is 22.5. The van der Waals surface area contributed by atoms with Gasteiger partial charge in [-0.05, 0) is 55.5 Å². The molecule has 1 aromatic heterocycles. The molecule has 6 rings (SSSR count). The van der Waals surface area contributed by atoms with Crippen molar-refractivity contribution in [1.29, 1.82) is 0 Å². The van der Waals surface area contributed by atoms with Crippen molar-refractivity contribution in [3.8, 4) is 11.4 Å². The van der Waals surface area contributed by atoms with Crippen LogP contribution in [0.3, 0.4) is 0 Å². The summed E-state index contributed by atoms with van der Waals surface area (Å²) in [7, 11) is 1.57. The first-order valence-corrected chi connectivity index (χ1v) is 13.7. The third-order valence-electron chi connectivity index (χ3n) is 7.88. The molecule has 0 amide bonds. The quantitative estimate of drug-likeness (QED) is 0.373. The number of ether oxygens (including phenoxy) is 2. The second-order valence-corrected chi connectivity index (χ2v) is 11.1. The number of nitrogens with two attached hydrogens (primary N) is 1. The molecular weight excluding hydrogens is 557 g/mol. The van der Waals surface area contributed by atoms with Crippen LogP contribution in [0.25, 0.3) is 5.69 Å². The molecule has 8 nitrogen and oxygen atoms in total. The van der Waals surface area contributed by atoms with E-state index in [-0.39, 0.29) is 18.6 Å². The number of nitrogens with zero attached hydrogens (tertiary/aromatic N) is 3. The summed E-state index contributed by atoms with van der Waals surface area (Å²) in [5.41, 5.74) is 10.0. The minimum atomic E-state index is -4.42. The van der Waals surface area contributed by atoms with Gasteiger partial charge in [0.15, 0.2) is 5.79 Å². The van der Waals surface area contributed by atoms with Gasteiger partial charge in [0.05, 0.1) is 37.6 Å². The largest absolute Gasteiger partial charge is 0.495 e. The zero-order valence-corrected chi connectivity index (χ0v) is 23.3. The standard InChI is InChI=1S/C29H30ClF3N6O2/c1-16(17-3-4-17)36-27-22-14-41-13-21(18-5-7-19(8-6-18)28(31,32)33)26(22)37-29(34,38-27)20-9-10-23(24(11-20)40-2)39-12-25(30)35-15-39/h5-12,15-17,21,37H,3-4,13-14,34H2,1-2H3,(H,36,38)/t16-,21?,29?/m1/s1. The van der Waals surface area contributed by atoms with Crippen LogP contribution in [0.2, 0.25) is 5.15 Å². The smallest absolute Gasteiger partial charge is 0.416 e. The lowest BCUT2D eigenvalue weighted by molar-refractivity contribution is -0.137. The predicted molar refractivity (Wildman–Crippen MR) is 149 cm³/mol. The van der Waals surface area contributed by atoms with Crippen molar-refractivity contribution >= 4 is 17.4 Å². The number of rotatable bonds is 6. The fourth-order valence-electron chi connectivity index (χ4n) is 5.39. The van der Waals surface area contributed by atoms with Gasteiger partial charge in [0.2, 0.25) is 0 Å². The lowest BCUT2D eigenvalue weighted by atomic mass is 9.88. The molecule has 0 spiro atoms. The summed E-state index contributed by atoms with van der Waals surface area (Å²) in [6, 6.07) is 10.8. The van der Waals surface area contributed by atoms with E-state index in [0.29, 0.717) is 40.4 Å². The Labute approximate surface area is 240 Å². The molecule has 41 heavy (non-hydrogen) atoms. The minimum Gasteiger partial charge on any atom is -0.495 e. The maximum absolute atomic E-state index is 13.3. The topological polar surface area (TPSA) is 98.7 Å². The monoisotopic (exact) mass is 586 g/mol. The molecule has 2 unspecified atom stereocenters. The Bertz CT molecular complexity index is 1520. The Balaban J connectivity index is 1.41. The third kappa shape index (κ3) is 5.41. The molecular formula is C29H30ClF3N6O2. The van der Waals surface area contributed by atoms with E-state index in [1.54, 1.807) is 24.2 Å². The number of nitrogens with one attached hydrogen (secondary N) is 2. The van der Waals surface area contributed by atoms with E-state index in [9.17, 15) is 13.2 Å². The second-order valence-electron chi connectivity index (χ2n) is 10.7. The van der Waals surface area contributed by atoms with E-state index < -0.39 is 17.5 Å². The highest BCUT2D eigenvalue weighted by atomic mass is 35.5. The van der Waals surface area contributed by atoms with Crippen LogP contribution < -0.4 is 21.1 Å². The van der Waals surface area contributed by atoms with Gasteiger partial charge in [-0.1, -0.05) is 29.8 Å². The number of hydrogen-bond acceptors (Lipinski definition) is 6. The van der Waals surface area contributed by atoms with Gasteiger partial charge in [0, 0.05) is 28.9 Å². The molecule has 3 aromatic rings. The lowest BCUT2D eigenvalue weighted by Crippen LogP contribution is -2.67. The summed E-state index contributed by atoms with van der Waals surface area (Å²) >= 11 is 6.03. The van der Waals surface area contributed by atoms with Crippen molar-refractivity contribution in [3.63, 3.8) is 0 Å². The van der Waals surface area contributed by atoms with Crippen molar-refractivity contribution < 1.29 is 22.6 Å². The summed E-state index contributed by atoms with van der Waals surface area (Å²) in [5.74, 6) is -0.0165. The number of aliphatic imine (C=N–C) groups is 1. The van der Waals surface area contributed by atoms with Crippen LogP contribution in [0.15, 0.2) is 71.3 Å². The van der Waals surface area contributed by atoms with Crippen molar-refractivity contribution in [3.05, 3.63) is 88.1 Å². The molecule has 0 saturated heterocycles. The van der Waals surface area contributed by atoms with Crippen molar-refractivity contribution in [2.45, 2.75) is 43.7 Å². The molecule has 4 N–H and O–H groups in total. The molecule has 3 atom stereocenters. The second kappa shape index (κ2) is 10.4. The van der Waals surface area contributed by atoms with Gasteiger partial charge in [-0.25, -0.2) is 4.98 Å². The Morgan fingerprint density at radius 1 is 1.20 bits per heavy atom. The number of amidine groups is 1. The molecule has 0 bridgehead atoms. The summed E-state index contributed by atoms with van der Waals surface area (Å²) < 4.78 is 53.2. The number of alkyl halides is 3. The summed E-state index contributed by atoms with van der Waals surface area (Å²) in [6.45, 7) is 2.66. The Hall–Kier alpha value is -3.54. The zero-order chi connectivity index (χ0) is 28.9. The summed E-state index contributed by atoms with van der Waals surface area (Å²) in [4.78, 5) is 9.11. The fourth-order valence-corrected chi connectivity index (χ4v) is 5.54. The van der Waals surface area contributed by atoms with E-state index in [4.69, 9.17) is 31.8 Å². The van der Waals surface area contributed by atoms with E-state index in [1.165, 1.54) is 12.1 Å². The average molecular weight is 587 g/mol. The van der Waals surface area contributed by atoms with Crippen LogP contribution in [0.5, 0.6) is 5.75 Å². The van der Waals surface area contributed by atoms with Gasteiger partial charge < -0.3 is 24.7 Å². The molecule has 2 aliphatic heterocycles. The number of benzene rings is 2. The number of methoxy groups -OCH3 is 1. The highest BCUT2D eigenvalue weighted by molar-refractivity contribution is 6.29. The molecule has 1 fully saturated rings. The van der Waals surface area contributed by atoms with Crippen LogP contribution in [0.4, 0.5) is 13.2 Å². The number of imidazole rings is 1. The van der Waals surface area contributed by atoms with Gasteiger partial charge in [0.1, 0.15) is 23.1 Å². The molecule has 0 radical (unpaired) electrons. The Kier molecular flexibility index (Phi) is 6.99. The lowest BCUT2D eigenvalue weighted by Gasteiger charge is -2.44. The van der Waals surface area contributed by atoms with Gasteiger partial charge in [-0.2, -0.15) is 13.2 Å². The van der Waals surface area contributed by atoms with Crippen molar-refractivity contribution in [1.82, 2.24) is 20.2 Å². The van der Waals surface area contributed by atoms with Crippen molar-refractivity contribution in [2.24, 2.45) is 16.6 Å². The molecule has 1 aliphatic carbocycles. The van der Waals surface area contributed by atoms with Crippen LogP contribution in [-0.4, -0.2) is 41.8 Å². The SMILES string of the molecule is COc1cc(C2(N)NC(=N[C@H](C)C3CC3)C3=C(N2)C(c2ccc(C(F)(F)F)cc2)COC3)ccc1-n1cnc(Cl)c1. The number of halogens is 4. The van der Waals surface area contributed by atoms with E-state index in [1.807, 2.05) is 18.2 Å². The normalized spacial score (nSPS) is 24.5. The highest BCUT2D eigenvalue weighted by Crippen LogP contribution is 2.39.